The molecule has 1 atom stereocenters. The van der Waals surface area contributed by atoms with Gasteiger partial charge in [-0.3, -0.25) is 0 Å². The summed E-state index contributed by atoms with van der Waals surface area (Å²) in [4.78, 5) is 1.28. The second-order valence-electron chi connectivity index (χ2n) is 3.53. The Kier molecular flexibility index (Phi) is 3.63. The van der Waals surface area contributed by atoms with Gasteiger partial charge in [0.2, 0.25) is 0 Å². The van der Waals surface area contributed by atoms with Crippen LogP contribution in [0.1, 0.15) is 16.5 Å². The fourth-order valence-corrected chi connectivity index (χ4v) is 3.26. The van der Waals surface area contributed by atoms with Crippen LogP contribution in [0.2, 0.25) is 0 Å². The quantitative estimate of drug-likeness (QED) is 0.852. The summed E-state index contributed by atoms with van der Waals surface area (Å²) in [5.41, 5.74) is 7.79. The van der Waals surface area contributed by atoms with Gasteiger partial charge in [0.1, 0.15) is 0 Å². The maximum absolute atomic E-state index is 5.80. The Morgan fingerprint density at radius 3 is 2.69 bits per heavy atom. The van der Waals surface area contributed by atoms with Crippen molar-refractivity contribution in [3.63, 3.8) is 0 Å². The number of nitrogens with one attached hydrogen (secondary N) is 1. The molecule has 16 heavy (non-hydrogen) atoms. The molecule has 3 N–H and O–H groups in total. The number of nitrogens with two attached hydrogens (primary N) is 1. The Morgan fingerprint density at radius 2 is 2.12 bits per heavy atom. The van der Waals surface area contributed by atoms with Gasteiger partial charge < -0.3 is 11.1 Å². The molecule has 1 aromatic heterocycles. The van der Waals surface area contributed by atoms with Gasteiger partial charge in [0.15, 0.2) is 0 Å². The van der Waals surface area contributed by atoms with Gasteiger partial charge in [-0.1, -0.05) is 12.1 Å². The van der Waals surface area contributed by atoms with Crippen molar-refractivity contribution >= 4 is 33.0 Å². The Bertz CT molecular complexity index is 481. The van der Waals surface area contributed by atoms with Crippen molar-refractivity contribution in [3.8, 4) is 0 Å². The highest BCUT2D eigenvalue weighted by atomic mass is 79.9. The number of anilines is 1. The molecule has 0 saturated heterocycles. The lowest BCUT2D eigenvalue weighted by Crippen LogP contribution is -2.16. The molecule has 1 unspecified atom stereocenters. The van der Waals surface area contributed by atoms with Crippen LogP contribution in [-0.2, 0) is 0 Å². The summed E-state index contributed by atoms with van der Waals surface area (Å²) in [5, 5.41) is 3.31. The van der Waals surface area contributed by atoms with Crippen molar-refractivity contribution in [2.75, 3.05) is 12.8 Å². The number of benzene rings is 1. The predicted octanol–water partition coefficient (Wildman–Crippen LogP) is 3.40. The fraction of sp³-hybridized carbons (Fsp3) is 0.167. The van der Waals surface area contributed by atoms with Gasteiger partial charge in [-0.25, -0.2) is 0 Å². The molecule has 0 fully saturated rings. The number of hydrogen-bond donors (Lipinski definition) is 2. The molecule has 1 heterocycles. The highest BCUT2D eigenvalue weighted by Crippen LogP contribution is 2.31. The van der Waals surface area contributed by atoms with E-state index in [1.54, 1.807) is 11.3 Å². The normalized spacial score (nSPS) is 12.6. The lowest BCUT2D eigenvalue weighted by Gasteiger charge is -2.15. The molecule has 0 aliphatic heterocycles. The van der Waals surface area contributed by atoms with E-state index in [4.69, 9.17) is 5.73 Å². The third-order valence-electron chi connectivity index (χ3n) is 2.41. The number of rotatable bonds is 3. The molecule has 0 saturated carbocycles. The highest BCUT2D eigenvalue weighted by Gasteiger charge is 2.13. The first-order valence-corrected chi connectivity index (χ1v) is 6.59. The molecule has 0 bridgehead atoms. The van der Waals surface area contributed by atoms with Crippen LogP contribution < -0.4 is 11.1 Å². The summed E-state index contributed by atoms with van der Waals surface area (Å²) < 4.78 is 1.15. The molecule has 0 radical (unpaired) electrons. The summed E-state index contributed by atoms with van der Waals surface area (Å²) in [6, 6.07) is 12.4. The van der Waals surface area contributed by atoms with E-state index in [1.165, 1.54) is 10.4 Å². The molecule has 0 aliphatic carbocycles. The van der Waals surface area contributed by atoms with E-state index in [1.807, 2.05) is 25.2 Å². The van der Waals surface area contributed by atoms with E-state index in [0.717, 1.165) is 9.47 Å². The molecular formula is C12H13BrN2S. The zero-order chi connectivity index (χ0) is 11.5. The molecule has 0 amide bonds. The van der Waals surface area contributed by atoms with E-state index in [9.17, 15) is 0 Å². The third kappa shape index (κ3) is 2.45. The Hall–Kier alpha value is -0.840. The first-order chi connectivity index (χ1) is 7.70. The lowest BCUT2D eigenvalue weighted by molar-refractivity contribution is 0.704. The molecule has 2 aromatic rings. The third-order valence-corrected chi connectivity index (χ3v) is 4.10. The SMILES string of the molecule is CNC(c1cccc(N)c1)c1ccc(Br)s1. The van der Waals surface area contributed by atoms with Crippen LogP contribution in [0, 0.1) is 0 Å². The lowest BCUT2D eigenvalue weighted by atomic mass is 10.1. The summed E-state index contributed by atoms with van der Waals surface area (Å²) in [5.74, 6) is 0. The second-order valence-corrected chi connectivity index (χ2v) is 6.03. The van der Waals surface area contributed by atoms with Crippen LogP contribution >= 0.6 is 27.3 Å². The zero-order valence-corrected chi connectivity index (χ0v) is 11.3. The van der Waals surface area contributed by atoms with Crippen molar-refractivity contribution in [1.29, 1.82) is 0 Å². The van der Waals surface area contributed by atoms with Crippen LogP contribution in [0.3, 0.4) is 0 Å². The van der Waals surface area contributed by atoms with Gasteiger partial charge in [-0.05, 0) is 52.8 Å². The van der Waals surface area contributed by atoms with Gasteiger partial charge in [-0.15, -0.1) is 11.3 Å². The average molecular weight is 297 g/mol. The van der Waals surface area contributed by atoms with Crippen molar-refractivity contribution in [1.82, 2.24) is 5.32 Å². The smallest absolute Gasteiger partial charge is 0.0702 e. The number of nitrogen functional groups attached to an aromatic ring is 1. The van der Waals surface area contributed by atoms with Gasteiger partial charge >= 0.3 is 0 Å². The van der Waals surface area contributed by atoms with Gasteiger partial charge in [0.05, 0.1) is 9.83 Å². The maximum Gasteiger partial charge on any atom is 0.0702 e. The van der Waals surface area contributed by atoms with Gasteiger partial charge in [0, 0.05) is 10.6 Å². The molecule has 4 heteroatoms. The summed E-state index contributed by atoms with van der Waals surface area (Å²) in [6.45, 7) is 0. The monoisotopic (exact) mass is 296 g/mol. The minimum absolute atomic E-state index is 0.208. The predicted molar refractivity (Wildman–Crippen MR) is 73.8 cm³/mol. The van der Waals surface area contributed by atoms with E-state index in [-0.39, 0.29) is 6.04 Å². The standard InChI is InChI=1S/C12H13BrN2S/c1-15-12(10-5-6-11(13)16-10)8-3-2-4-9(14)7-8/h2-7,12,15H,14H2,1H3. The van der Waals surface area contributed by atoms with Gasteiger partial charge in [-0.2, -0.15) is 0 Å². The van der Waals surface area contributed by atoms with E-state index in [2.05, 4.69) is 39.4 Å². The molecule has 2 rings (SSSR count). The molecule has 0 spiro atoms. The van der Waals surface area contributed by atoms with Crippen LogP contribution in [0.4, 0.5) is 5.69 Å². The first-order valence-electron chi connectivity index (χ1n) is 4.98. The second kappa shape index (κ2) is 4.99. The van der Waals surface area contributed by atoms with E-state index < -0.39 is 0 Å². The first kappa shape index (κ1) is 11.6. The van der Waals surface area contributed by atoms with Crippen molar-refractivity contribution in [2.24, 2.45) is 0 Å². The number of hydrogen-bond acceptors (Lipinski definition) is 3. The zero-order valence-electron chi connectivity index (χ0n) is 8.91. The van der Waals surface area contributed by atoms with Crippen molar-refractivity contribution in [3.05, 3.63) is 50.6 Å². The van der Waals surface area contributed by atoms with Crippen molar-refractivity contribution < 1.29 is 0 Å². The molecule has 0 aliphatic rings. The summed E-state index contributed by atoms with van der Waals surface area (Å²) >= 11 is 5.22. The van der Waals surface area contributed by atoms with E-state index >= 15 is 0 Å². The van der Waals surface area contributed by atoms with Crippen molar-refractivity contribution in [2.45, 2.75) is 6.04 Å². The molecule has 1 aromatic carbocycles. The minimum Gasteiger partial charge on any atom is -0.399 e. The van der Waals surface area contributed by atoms with E-state index in [0.29, 0.717) is 0 Å². The Morgan fingerprint density at radius 1 is 1.31 bits per heavy atom. The molecular weight excluding hydrogens is 284 g/mol. The number of halogens is 1. The highest BCUT2D eigenvalue weighted by molar-refractivity contribution is 9.11. The van der Waals surface area contributed by atoms with Crippen LogP contribution in [0.5, 0.6) is 0 Å². The van der Waals surface area contributed by atoms with Crippen LogP contribution in [-0.4, -0.2) is 7.05 Å². The Balaban J connectivity index is 2.36. The molecule has 84 valence electrons. The average Bonchev–Trinajstić information content (AvgIpc) is 2.66. The maximum atomic E-state index is 5.80. The fourth-order valence-electron chi connectivity index (χ4n) is 1.70. The summed E-state index contributed by atoms with van der Waals surface area (Å²) in [7, 11) is 1.96. The number of thiophene rings is 1. The minimum atomic E-state index is 0.208. The van der Waals surface area contributed by atoms with Crippen LogP contribution in [0.15, 0.2) is 40.2 Å². The Labute approximate surface area is 108 Å². The summed E-state index contributed by atoms with van der Waals surface area (Å²) in [6.07, 6.45) is 0. The van der Waals surface area contributed by atoms with Gasteiger partial charge in [0.25, 0.3) is 0 Å². The topological polar surface area (TPSA) is 38.0 Å². The van der Waals surface area contributed by atoms with Crippen LogP contribution in [0.25, 0.3) is 0 Å². The molecule has 2 nitrogen and oxygen atoms in total. The largest absolute Gasteiger partial charge is 0.399 e.